The molecule has 6 heteroatoms. The minimum atomic E-state index is -1.10. The summed E-state index contributed by atoms with van der Waals surface area (Å²) in [6, 6.07) is 13.4. The number of rotatable bonds is 5. The van der Waals surface area contributed by atoms with E-state index in [4.69, 9.17) is 9.15 Å². The summed E-state index contributed by atoms with van der Waals surface area (Å²) >= 11 is 0. The van der Waals surface area contributed by atoms with Gasteiger partial charge in [-0.25, -0.2) is 4.79 Å². The number of phenols is 1. The van der Waals surface area contributed by atoms with Crippen LogP contribution >= 0.6 is 0 Å². The molecular formula is C19H16O6. The molecule has 2 aromatic carbocycles. The number of carboxylic acids is 1. The first-order valence-electron chi connectivity index (χ1n) is 7.61. The van der Waals surface area contributed by atoms with Crippen molar-refractivity contribution in [3.8, 4) is 11.5 Å². The van der Waals surface area contributed by atoms with E-state index in [-0.39, 0.29) is 23.3 Å². The van der Waals surface area contributed by atoms with Crippen LogP contribution in [0.5, 0.6) is 11.5 Å². The van der Waals surface area contributed by atoms with Crippen LogP contribution < -0.4 is 10.4 Å². The van der Waals surface area contributed by atoms with Gasteiger partial charge in [-0.15, -0.1) is 0 Å². The smallest absolute Gasteiger partial charge is 0.347 e. The number of ether oxygens (including phenoxy) is 1. The molecule has 0 radical (unpaired) electrons. The first-order chi connectivity index (χ1) is 12.0. The summed E-state index contributed by atoms with van der Waals surface area (Å²) in [6.07, 6.45) is 0.181. The summed E-state index contributed by atoms with van der Waals surface area (Å²) in [5.41, 5.74) is 0.0260. The van der Waals surface area contributed by atoms with Crippen molar-refractivity contribution in [2.24, 2.45) is 0 Å². The highest BCUT2D eigenvalue weighted by Gasteiger charge is 2.25. The number of aliphatic carboxylic acids is 1. The van der Waals surface area contributed by atoms with Gasteiger partial charge in [0.2, 0.25) is 0 Å². The number of aromatic hydroxyl groups is 1. The number of benzene rings is 2. The second-order valence-electron chi connectivity index (χ2n) is 5.63. The lowest BCUT2D eigenvalue weighted by molar-refractivity contribution is -0.139. The lowest BCUT2D eigenvalue weighted by Crippen LogP contribution is -2.16. The monoisotopic (exact) mass is 340 g/mol. The highest BCUT2D eigenvalue weighted by molar-refractivity contribution is 5.89. The number of methoxy groups -OCH3 is 1. The van der Waals surface area contributed by atoms with E-state index in [0.29, 0.717) is 11.1 Å². The maximum atomic E-state index is 12.2. The van der Waals surface area contributed by atoms with Crippen LogP contribution in [0.1, 0.15) is 17.2 Å². The number of phenolic OH excluding ortho intramolecular Hbond substituents is 1. The Morgan fingerprint density at radius 3 is 2.56 bits per heavy atom. The quantitative estimate of drug-likeness (QED) is 0.741. The van der Waals surface area contributed by atoms with Gasteiger partial charge in [-0.3, -0.25) is 4.79 Å². The molecule has 1 atom stereocenters. The van der Waals surface area contributed by atoms with Gasteiger partial charge in [0.25, 0.3) is 0 Å². The van der Waals surface area contributed by atoms with Crippen LogP contribution in [0, 0.1) is 0 Å². The van der Waals surface area contributed by atoms with Gasteiger partial charge in [0.05, 0.1) is 7.11 Å². The Balaban J connectivity index is 2.12. The zero-order valence-electron chi connectivity index (χ0n) is 13.4. The highest BCUT2D eigenvalue weighted by atomic mass is 16.5. The largest absolute Gasteiger partial charge is 0.507 e. The third kappa shape index (κ3) is 3.33. The van der Waals surface area contributed by atoms with Gasteiger partial charge in [0, 0.05) is 6.07 Å². The summed E-state index contributed by atoms with van der Waals surface area (Å²) in [5.74, 6) is -2.01. The van der Waals surface area contributed by atoms with Crippen molar-refractivity contribution in [2.75, 3.05) is 7.11 Å². The van der Waals surface area contributed by atoms with Gasteiger partial charge < -0.3 is 19.4 Å². The number of fused-ring (bicyclic) bond motifs is 1. The molecule has 0 bridgehead atoms. The predicted molar refractivity (Wildman–Crippen MR) is 91.2 cm³/mol. The van der Waals surface area contributed by atoms with Crippen LogP contribution in [0.2, 0.25) is 0 Å². The van der Waals surface area contributed by atoms with Crippen molar-refractivity contribution < 1.29 is 24.2 Å². The zero-order valence-corrected chi connectivity index (χ0v) is 13.4. The molecule has 128 valence electrons. The maximum Gasteiger partial charge on any atom is 0.347 e. The molecule has 0 aliphatic heterocycles. The number of hydrogen-bond donors (Lipinski definition) is 2. The van der Waals surface area contributed by atoms with Crippen molar-refractivity contribution in [3.63, 3.8) is 0 Å². The van der Waals surface area contributed by atoms with Crippen LogP contribution in [-0.4, -0.2) is 23.3 Å². The summed E-state index contributed by atoms with van der Waals surface area (Å²) in [6.45, 7) is 0. The van der Waals surface area contributed by atoms with Crippen molar-refractivity contribution in [1.82, 2.24) is 0 Å². The Hall–Kier alpha value is -3.28. The zero-order chi connectivity index (χ0) is 18.0. The van der Waals surface area contributed by atoms with Crippen molar-refractivity contribution in [1.29, 1.82) is 0 Å². The number of carbonyl (C=O) groups is 1. The van der Waals surface area contributed by atoms with Gasteiger partial charge in [-0.05, 0) is 29.5 Å². The Bertz CT molecular complexity index is 974. The van der Waals surface area contributed by atoms with E-state index in [1.54, 1.807) is 6.07 Å². The van der Waals surface area contributed by atoms with Crippen LogP contribution in [0.25, 0.3) is 10.8 Å². The molecule has 0 amide bonds. The van der Waals surface area contributed by atoms with Crippen LogP contribution in [-0.2, 0) is 11.2 Å². The first kappa shape index (κ1) is 16.6. The average molecular weight is 340 g/mol. The topological polar surface area (TPSA) is 97.0 Å². The van der Waals surface area contributed by atoms with E-state index >= 15 is 0 Å². The fraction of sp³-hybridized carbons (Fsp3) is 0.158. The maximum absolute atomic E-state index is 12.2. The fourth-order valence-corrected chi connectivity index (χ4v) is 2.75. The molecule has 0 saturated carbocycles. The first-order valence-corrected chi connectivity index (χ1v) is 7.61. The second kappa shape index (κ2) is 6.68. The molecule has 3 aromatic rings. The Morgan fingerprint density at radius 2 is 1.92 bits per heavy atom. The molecule has 25 heavy (non-hydrogen) atoms. The molecule has 1 unspecified atom stereocenters. The Labute approximate surface area is 142 Å². The standard InChI is InChI=1S/C19H16O6/c1-24-13-8-12-9-16(25-19(23)17(12)15(20)10-13)14(18(21)22)7-11-5-3-2-4-6-11/h2-6,8-10,14,20H,7H2,1H3,(H,21,22). The molecule has 0 saturated heterocycles. The molecule has 6 nitrogen and oxygen atoms in total. The van der Waals surface area contributed by atoms with Gasteiger partial charge >= 0.3 is 11.6 Å². The minimum Gasteiger partial charge on any atom is -0.507 e. The normalized spacial score (nSPS) is 12.0. The van der Waals surface area contributed by atoms with Crippen molar-refractivity contribution in [3.05, 3.63) is 70.3 Å². The van der Waals surface area contributed by atoms with Gasteiger partial charge in [-0.2, -0.15) is 0 Å². The van der Waals surface area contributed by atoms with Gasteiger partial charge in [0.15, 0.2) is 0 Å². The Kier molecular flexibility index (Phi) is 4.43. The molecule has 0 aliphatic rings. The molecule has 0 aliphatic carbocycles. The predicted octanol–water partition coefficient (Wildman–Crippen LogP) is 2.92. The van der Waals surface area contributed by atoms with Crippen molar-refractivity contribution in [2.45, 2.75) is 12.3 Å². The van der Waals surface area contributed by atoms with E-state index in [1.807, 2.05) is 30.3 Å². The fourth-order valence-electron chi connectivity index (χ4n) is 2.75. The van der Waals surface area contributed by atoms with E-state index in [9.17, 15) is 19.8 Å². The van der Waals surface area contributed by atoms with E-state index in [2.05, 4.69) is 0 Å². The molecular weight excluding hydrogens is 324 g/mol. The molecule has 0 spiro atoms. The molecule has 2 N–H and O–H groups in total. The molecule has 0 fully saturated rings. The van der Waals surface area contributed by atoms with E-state index in [0.717, 1.165) is 5.56 Å². The van der Waals surface area contributed by atoms with Crippen LogP contribution in [0.3, 0.4) is 0 Å². The second-order valence-corrected chi connectivity index (χ2v) is 5.63. The molecule has 1 heterocycles. The third-order valence-electron chi connectivity index (χ3n) is 3.99. The number of hydrogen-bond acceptors (Lipinski definition) is 5. The van der Waals surface area contributed by atoms with Crippen LogP contribution in [0.15, 0.2) is 57.7 Å². The van der Waals surface area contributed by atoms with Gasteiger partial charge in [0.1, 0.15) is 28.6 Å². The average Bonchev–Trinajstić information content (AvgIpc) is 2.59. The lowest BCUT2D eigenvalue weighted by atomic mass is 9.95. The summed E-state index contributed by atoms with van der Waals surface area (Å²) in [4.78, 5) is 23.9. The number of carboxylic acid groups (broad SMARTS) is 1. The van der Waals surface area contributed by atoms with Crippen molar-refractivity contribution >= 4 is 16.7 Å². The van der Waals surface area contributed by atoms with E-state index < -0.39 is 17.5 Å². The third-order valence-corrected chi connectivity index (χ3v) is 3.99. The van der Waals surface area contributed by atoms with Crippen LogP contribution in [0.4, 0.5) is 0 Å². The SMILES string of the molecule is COc1cc(O)c2c(=O)oc(C(Cc3ccccc3)C(=O)O)cc2c1. The summed E-state index contributed by atoms with van der Waals surface area (Å²) < 4.78 is 10.3. The highest BCUT2D eigenvalue weighted by Crippen LogP contribution is 2.30. The lowest BCUT2D eigenvalue weighted by Gasteiger charge is -2.13. The summed E-state index contributed by atoms with van der Waals surface area (Å²) in [5, 5.41) is 19.9. The Morgan fingerprint density at radius 1 is 1.20 bits per heavy atom. The molecule has 3 rings (SSSR count). The molecule has 1 aromatic heterocycles. The van der Waals surface area contributed by atoms with E-state index in [1.165, 1.54) is 19.2 Å². The minimum absolute atomic E-state index is 0.00611. The summed E-state index contributed by atoms with van der Waals surface area (Å²) in [7, 11) is 1.43. The van der Waals surface area contributed by atoms with Gasteiger partial charge in [-0.1, -0.05) is 30.3 Å².